The maximum atomic E-state index is 12.6. The van der Waals surface area contributed by atoms with Crippen LogP contribution in [0, 0.1) is 0 Å². The number of nitrogens with zero attached hydrogens (tertiary/aromatic N) is 3. The largest absolute Gasteiger partial charge is 0.416 e. The molecule has 0 aliphatic carbocycles. The van der Waals surface area contributed by atoms with Crippen LogP contribution in [0.15, 0.2) is 48.7 Å². The van der Waals surface area contributed by atoms with Gasteiger partial charge in [0.1, 0.15) is 0 Å². The molecule has 2 aromatic heterocycles. The van der Waals surface area contributed by atoms with Crippen LogP contribution in [0.3, 0.4) is 0 Å². The van der Waals surface area contributed by atoms with Crippen molar-refractivity contribution in [2.45, 2.75) is 6.18 Å². The van der Waals surface area contributed by atoms with Crippen LogP contribution >= 0.6 is 11.6 Å². The molecule has 3 rings (SSSR count). The Kier molecular flexibility index (Phi) is 5.32. The van der Waals surface area contributed by atoms with Gasteiger partial charge in [0.2, 0.25) is 5.88 Å². The van der Waals surface area contributed by atoms with Gasteiger partial charge in [-0.15, -0.1) is 0 Å². The number of alkyl halides is 3. The number of benzene rings is 1. The van der Waals surface area contributed by atoms with E-state index in [1.54, 1.807) is 6.07 Å². The standard InChI is InChI=1S/C17H10ClF3N4O3/c18-12-2-1-7-22-15(12)25-14(28-9-26)8-13(24-25)16(27)23-11-5-3-10(4-6-11)17(19,20)21/h1-9H,(H,23,27). The summed E-state index contributed by atoms with van der Waals surface area (Å²) in [5.41, 5.74) is -0.888. The van der Waals surface area contributed by atoms with Crippen LogP contribution in [0.2, 0.25) is 5.02 Å². The summed E-state index contributed by atoms with van der Waals surface area (Å²) >= 11 is 6.04. The number of amides is 1. The average molecular weight is 411 g/mol. The SMILES string of the molecule is O=COc1cc(C(=O)Nc2ccc(C(F)(F)F)cc2)nn1-c1ncccc1Cl. The number of rotatable bonds is 5. The fraction of sp³-hybridized carbons (Fsp3) is 0.0588. The zero-order chi connectivity index (χ0) is 20.3. The Bertz CT molecular complexity index is 1020. The van der Waals surface area contributed by atoms with Gasteiger partial charge in [-0.05, 0) is 36.4 Å². The first-order valence-electron chi connectivity index (χ1n) is 7.59. The molecule has 0 bridgehead atoms. The Hall–Kier alpha value is -3.40. The maximum Gasteiger partial charge on any atom is 0.416 e. The van der Waals surface area contributed by atoms with Gasteiger partial charge in [0.25, 0.3) is 12.4 Å². The highest BCUT2D eigenvalue weighted by atomic mass is 35.5. The smallest absolute Gasteiger partial charge is 0.409 e. The highest BCUT2D eigenvalue weighted by Gasteiger charge is 2.30. The molecule has 1 N–H and O–H groups in total. The minimum atomic E-state index is -4.48. The van der Waals surface area contributed by atoms with Crippen molar-refractivity contribution < 1.29 is 27.5 Å². The van der Waals surface area contributed by atoms with Crippen molar-refractivity contribution in [1.82, 2.24) is 14.8 Å². The zero-order valence-corrected chi connectivity index (χ0v) is 14.5. The van der Waals surface area contributed by atoms with Crippen molar-refractivity contribution in [2.75, 3.05) is 5.32 Å². The van der Waals surface area contributed by atoms with Crippen LogP contribution in [-0.4, -0.2) is 27.1 Å². The molecule has 11 heteroatoms. The number of hydrogen-bond acceptors (Lipinski definition) is 5. The summed E-state index contributed by atoms with van der Waals surface area (Å²) in [7, 11) is 0. The molecule has 0 unspecified atom stereocenters. The van der Waals surface area contributed by atoms with Crippen LogP contribution in [0.5, 0.6) is 5.88 Å². The van der Waals surface area contributed by atoms with E-state index < -0.39 is 17.6 Å². The molecule has 1 aromatic carbocycles. The number of carbonyl (C=O) groups excluding carboxylic acids is 2. The molecule has 1 amide bonds. The monoisotopic (exact) mass is 410 g/mol. The number of aromatic nitrogens is 3. The molecular weight excluding hydrogens is 401 g/mol. The van der Waals surface area contributed by atoms with Crippen molar-refractivity contribution in [3.63, 3.8) is 0 Å². The van der Waals surface area contributed by atoms with E-state index in [1.807, 2.05) is 0 Å². The Morgan fingerprint density at radius 1 is 1.21 bits per heavy atom. The van der Waals surface area contributed by atoms with Gasteiger partial charge < -0.3 is 10.1 Å². The highest BCUT2D eigenvalue weighted by molar-refractivity contribution is 6.32. The van der Waals surface area contributed by atoms with Gasteiger partial charge in [-0.3, -0.25) is 9.59 Å². The predicted octanol–water partition coefficient (Wildman–Crippen LogP) is 3.73. The van der Waals surface area contributed by atoms with Crippen LogP contribution in [0.25, 0.3) is 5.82 Å². The van der Waals surface area contributed by atoms with Crippen LogP contribution < -0.4 is 10.1 Å². The van der Waals surface area contributed by atoms with E-state index in [4.69, 9.17) is 16.3 Å². The van der Waals surface area contributed by atoms with E-state index in [0.29, 0.717) is 0 Å². The van der Waals surface area contributed by atoms with E-state index >= 15 is 0 Å². The number of nitrogens with one attached hydrogen (secondary N) is 1. The fourth-order valence-electron chi connectivity index (χ4n) is 2.23. The van der Waals surface area contributed by atoms with Gasteiger partial charge in [-0.2, -0.15) is 23.0 Å². The van der Waals surface area contributed by atoms with E-state index in [-0.39, 0.29) is 34.6 Å². The van der Waals surface area contributed by atoms with Gasteiger partial charge in [0.15, 0.2) is 11.5 Å². The molecule has 0 fully saturated rings. The summed E-state index contributed by atoms with van der Waals surface area (Å²) in [6, 6.07) is 8.16. The van der Waals surface area contributed by atoms with Crippen molar-refractivity contribution in [1.29, 1.82) is 0 Å². The number of pyridine rings is 1. The second kappa shape index (κ2) is 7.69. The second-order valence-corrected chi connectivity index (χ2v) is 5.74. The molecule has 0 saturated heterocycles. The zero-order valence-electron chi connectivity index (χ0n) is 13.8. The van der Waals surface area contributed by atoms with Crippen molar-refractivity contribution in [3.8, 4) is 11.7 Å². The summed E-state index contributed by atoms with van der Waals surface area (Å²) < 4.78 is 43.7. The van der Waals surface area contributed by atoms with E-state index in [0.717, 1.165) is 28.9 Å². The van der Waals surface area contributed by atoms with Gasteiger partial charge in [-0.25, -0.2) is 4.98 Å². The molecule has 28 heavy (non-hydrogen) atoms. The average Bonchev–Trinajstić information content (AvgIpc) is 3.06. The quantitative estimate of drug-likeness (QED) is 0.648. The van der Waals surface area contributed by atoms with Crippen molar-refractivity contribution >= 4 is 29.7 Å². The Labute approximate surface area is 160 Å². The lowest BCUT2D eigenvalue weighted by atomic mass is 10.2. The fourth-order valence-corrected chi connectivity index (χ4v) is 2.43. The molecule has 0 aliphatic rings. The lowest BCUT2D eigenvalue weighted by Crippen LogP contribution is -2.14. The Balaban J connectivity index is 1.87. The van der Waals surface area contributed by atoms with Gasteiger partial charge in [0, 0.05) is 18.0 Å². The van der Waals surface area contributed by atoms with E-state index in [1.165, 1.54) is 18.3 Å². The molecule has 0 atom stereocenters. The van der Waals surface area contributed by atoms with Crippen LogP contribution in [-0.2, 0) is 11.0 Å². The maximum absolute atomic E-state index is 12.6. The number of anilines is 1. The third kappa shape index (κ3) is 4.12. The summed E-state index contributed by atoms with van der Waals surface area (Å²) in [4.78, 5) is 27.1. The molecule has 3 aromatic rings. The lowest BCUT2D eigenvalue weighted by molar-refractivity contribution is -0.137. The normalized spacial score (nSPS) is 11.1. The Morgan fingerprint density at radius 3 is 2.54 bits per heavy atom. The summed E-state index contributed by atoms with van der Waals surface area (Å²) in [6.45, 7) is 0.141. The molecule has 0 aliphatic heterocycles. The number of carbonyl (C=O) groups is 2. The topological polar surface area (TPSA) is 86.1 Å². The summed E-state index contributed by atoms with van der Waals surface area (Å²) in [6.07, 6.45) is -3.06. The Morgan fingerprint density at radius 2 is 1.93 bits per heavy atom. The first-order chi connectivity index (χ1) is 13.3. The third-order valence-electron chi connectivity index (χ3n) is 3.49. The molecule has 144 valence electrons. The van der Waals surface area contributed by atoms with Crippen molar-refractivity contribution in [3.05, 3.63) is 64.9 Å². The molecule has 0 radical (unpaired) electrons. The van der Waals surface area contributed by atoms with E-state index in [9.17, 15) is 22.8 Å². The van der Waals surface area contributed by atoms with Crippen LogP contribution in [0.4, 0.5) is 18.9 Å². The number of hydrogen-bond donors (Lipinski definition) is 1. The predicted molar refractivity (Wildman–Crippen MR) is 92.5 cm³/mol. The second-order valence-electron chi connectivity index (χ2n) is 5.33. The highest BCUT2D eigenvalue weighted by Crippen LogP contribution is 2.30. The molecule has 0 spiro atoms. The van der Waals surface area contributed by atoms with Gasteiger partial charge in [-0.1, -0.05) is 11.6 Å². The number of ether oxygens (including phenoxy) is 1. The van der Waals surface area contributed by atoms with Crippen molar-refractivity contribution in [2.24, 2.45) is 0 Å². The number of halogens is 4. The third-order valence-corrected chi connectivity index (χ3v) is 3.78. The molecule has 0 saturated carbocycles. The first-order valence-corrected chi connectivity index (χ1v) is 7.97. The minimum absolute atomic E-state index is 0.117. The first kappa shape index (κ1) is 19.4. The summed E-state index contributed by atoms with van der Waals surface area (Å²) in [5.74, 6) is -0.732. The molecule has 2 heterocycles. The van der Waals surface area contributed by atoms with E-state index in [2.05, 4.69) is 15.4 Å². The minimum Gasteiger partial charge on any atom is -0.409 e. The molecule has 7 nitrogen and oxygen atoms in total. The molecular formula is C17H10ClF3N4O3. The van der Waals surface area contributed by atoms with Crippen LogP contribution in [0.1, 0.15) is 16.1 Å². The van der Waals surface area contributed by atoms with Gasteiger partial charge in [0.05, 0.1) is 10.6 Å². The van der Waals surface area contributed by atoms with Gasteiger partial charge >= 0.3 is 6.18 Å². The summed E-state index contributed by atoms with van der Waals surface area (Å²) in [5, 5.41) is 6.60. The lowest BCUT2D eigenvalue weighted by Gasteiger charge is -2.08.